The van der Waals surface area contributed by atoms with Crippen molar-refractivity contribution in [3.8, 4) is 0 Å². The summed E-state index contributed by atoms with van der Waals surface area (Å²) in [5, 5.41) is 0. The minimum atomic E-state index is -0.287. The van der Waals surface area contributed by atoms with Crippen molar-refractivity contribution >= 4 is 23.3 Å². The minimum Gasteiger partial charge on any atom is -0.355 e. The summed E-state index contributed by atoms with van der Waals surface area (Å²) in [7, 11) is 0. The maximum Gasteiger partial charge on any atom is 0.239 e. The average molecular weight is 348 g/mol. The van der Waals surface area contributed by atoms with Crippen LogP contribution in [0.1, 0.15) is 30.9 Å². The summed E-state index contributed by atoms with van der Waals surface area (Å²) < 4.78 is 0. The van der Waals surface area contributed by atoms with Crippen LogP contribution in [0, 0.1) is 11.8 Å². The van der Waals surface area contributed by atoms with E-state index in [4.69, 9.17) is 0 Å². The van der Waals surface area contributed by atoms with Crippen LogP contribution in [0.15, 0.2) is 42.7 Å². The number of carbonyl (C=O) groups is 2. The zero-order valence-corrected chi connectivity index (χ0v) is 14.4. The maximum absolute atomic E-state index is 12.9. The normalized spacial score (nSPS) is 25.5. The predicted octanol–water partition coefficient (Wildman–Crippen LogP) is 2.37. The third-order valence-electron chi connectivity index (χ3n) is 5.93. The number of benzene rings is 1. The van der Waals surface area contributed by atoms with Gasteiger partial charge in [-0.1, -0.05) is 24.6 Å². The lowest BCUT2D eigenvalue weighted by Gasteiger charge is -2.26. The molecule has 1 aliphatic carbocycles. The fraction of sp³-hybridized carbons (Fsp3) is 0.400. The first-order valence-corrected chi connectivity index (χ1v) is 9.22. The molecule has 2 aliphatic heterocycles. The van der Waals surface area contributed by atoms with Crippen molar-refractivity contribution in [1.29, 1.82) is 0 Å². The molecule has 1 aromatic carbocycles. The Hall–Kier alpha value is -2.76. The molecule has 2 unspecified atom stereocenters. The highest BCUT2D eigenvalue weighted by molar-refractivity contribution is 6.22. The van der Waals surface area contributed by atoms with Crippen molar-refractivity contribution in [3.63, 3.8) is 0 Å². The summed E-state index contributed by atoms with van der Waals surface area (Å²) in [6.07, 6.45) is 5.24. The number of carbonyl (C=O) groups excluding carboxylic acids is 2. The van der Waals surface area contributed by atoms with E-state index in [0.717, 1.165) is 11.5 Å². The maximum atomic E-state index is 12.9. The average Bonchev–Trinajstić information content (AvgIpc) is 3.15. The van der Waals surface area contributed by atoms with E-state index in [1.165, 1.54) is 24.2 Å². The number of amides is 2. The number of anilines is 2. The van der Waals surface area contributed by atoms with Gasteiger partial charge in [0.05, 0.1) is 17.5 Å². The number of hydrogen-bond donors (Lipinski definition) is 0. The van der Waals surface area contributed by atoms with Gasteiger partial charge in [-0.15, -0.1) is 0 Å². The van der Waals surface area contributed by atoms with Crippen LogP contribution in [0.2, 0.25) is 0 Å². The Kier molecular flexibility index (Phi) is 3.51. The predicted molar refractivity (Wildman–Crippen MR) is 96.8 cm³/mol. The highest BCUT2D eigenvalue weighted by Crippen LogP contribution is 2.39. The summed E-state index contributed by atoms with van der Waals surface area (Å²) in [4.78, 5) is 37.9. The summed E-state index contributed by atoms with van der Waals surface area (Å²) in [5.41, 5.74) is 1.75. The first-order chi connectivity index (χ1) is 12.7. The van der Waals surface area contributed by atoms with Gasteiger partial charge in [-0.05, 0) is 25.0 Å². The molecule has 3 heterocycles. The Bertz CT molecular complexity index is 841. The van der Waals surface area contributed by atoms with Gasteiger partial charge in [0.15, 0.2) is 0 Å². The van der Waals surface area contributed by atoms with Crippen LogP contribution in [0.4, 0.5) is 11.5 Å². The van der Waals surface area contributed by atoms with Gasteiger partial charge in [-0.25, -0.2) is 14.9 Å². The van der Waals surface area contributed by atoms with Crippen molar-refractivity contribution in [2.24, 2.45) is 11.8 Å². The third-order valence-corrected chi connectivity index (χ3v) is 5.93. The van der Waals surface area contributed by atoms with Gasteiger partial charge in [-0.3, -0.25) is 9.59 Å². The van der Waals surface area contributed by atoms with Crippen molar-refractivity contribution in [2.75, 3.05) is 22.9 Å². The zero-order chi connectivity index (χ0) is 17.7. The number of para-hydroxylation sites is 1. The molecule has 0 spiro atoms. The van der Waals surface area contributed by atoms with Crippen molar-refractivity contribution in [3.05, 3.63) is 48.4 Å². The Morgan fingerprint density at radius 3 is 2.23 bits per heavy atom. The molecular weight excluding hydrogens is 328 g/mol. The van der Waals surface area contributed by atoms with Crippen molar-refractivity contribution in [2.45, 2.75) is 25.2 Å². The van der Waals surface area contributed by atoms with E-state index in [1.807, 2.05) is 36.4 Å². The fourth-order valence-corrected chi connectivity index (χ4v) is 4.22. The van der Waals surface area contributed by atoms with Gasteiger partial charge < -0.3 is 4.90 Å². The molecule has 6 nitrogen and oxygen atoms in total. The van der Waals surface area contributed by atoms with E-state index in [0.29, 0.717) is 24.7 Å². The molecule has 0 N–H and O–H groups in total. The first-order valence-electron chi connectivity index (χ1n) is 9.22. The molecule has 2 aromatic rings. The highest BCUT2D eigenvalue weighted by Gasteiger charge is 2.53. The molecule has 6 heteroatoms. The molecule has 3 aliphatic rings. The molecule has 1 saturated carbocycles. The number of nitrogens with zero attached hydrogens (tertiary/aromatic N) is 4. The topological polar surface area (TPSA) is 66.4 Å². The van der Waals surface area contributed by atoms with Crippen LogP contribution in [-0.2, 0) is 9.59 Å². The van der Waals surface area contributed by atoms with Gasteiger partial charge in [0, 0.05) is 30.8 Å². The summed E-state index contributed by atoms with van der Waals surface area (Å²) >= 11 is 0. The molecule has 132 valence electrons. The Balaban J connectivity index is 1.37. The second kappa shape index (κ2) is 5.90. The van der Waals surface area contributed by atoms with Crippen molar-refractivity contribution in [1.82, 2.24) is 9.97 Å². The second-order valence-electron chi connectivity index (χ2n) is 7.39. The third kappa shape index (κ3) is 2.32. The molecule has 0 radical (unpaired) electrons. The van der Waals surface area contributed by atoms with Gasteiger partial charge >= 0.3 is 0 Å². The Labute approximate surface area is 151 Å². The van der Waals surface area contributed by atoms with Gasteiger partial charge in [0.2, 0.25) is 11.8 Å². The van der Waals surface area contributed by atoms with Gasteiger partial charge in [-0.2, -0.15) is 0 Å². The van der Waals surface area contributed by atoms with Crippen molar-refractivity contribution < 1.29 is 9.59 Å². The van der Waals surface area contributed by atoms with E-state index in [-0.39, 0.29) is 23.7 Å². The fourth-order valence-electron chi connectivity index (χ4n) is 4.22. The van der Waals surface area contributed by atoms with E-state index in [9.17, 15) is 9.59 Å². The van der Waals surface area contributed by atoms with Crippen LogP contribution in [-0.4, -0.2) is 34.9 Å². The van der Waals surface area contributed by atoms with Crippen LogP contribution in [0.5, 0.6) is 0 Å². The number of rotatable bonds is 3. The van der Waals surface area contributed by atoms with E-state index in [1.54, 1.807) is 6.33 Å². The molecule has 3 fully saturated rings. The van der Waals surface area contributed by atoms with Gasteiger partial charge in [0.1, 0.15) is 12.1 Å². The monoisotopic (exact) mass is 348 g/mol. The van der Waals surface area contributed by atoms with E-state index >= 15 is 0 Å². The van der Waals surface area contributed by atoms with Gasteiger partial charge in [0.25, 0.3) is 0 Å². The summed E-state index contributed by atoms with van der Waals surface area (Å²) in [5.74, 6) is 0.609. The summed E-state index contributed by atoms with van der Waals surface area (Å²) in [6, 6.07) is 11.2. The Morgan fingerprint density at radius 2 is 1.62 bits per heavy atom. The smallest absolute Gasteiger partial charge is 0.239 e. The number of imide groups is 1. The quantitative estimate of drug-likeness (QED) is 0.797. The molecular formula is C20H20N4O2. The number of hydrogen-bond acceptors (Lipinski definition) is 5. The molecule has 2 saturated heterocycles. The zero-order valence-electron chi connectivity index (χ0n) is 14.4. The lowest BCUT2D eigenvalue weighted by molar-refractivity contribution is -0.122. The van der Waals surface area contributed by atoms with E-state index < -0.39 is 0 Å². The summed E-state index contributed by atoms with van der Waals surface area (Å²) in [6.45, 7) is 1.08. The highest BCUT2D eigenvalue weighted by atomic mass is 16.2. The van der Waals surface area contributed by atoms with Crippen LogP contribution in [0.25, 0.3) is 0 Å². The molecule has 2 amide bonds. The van der Waals surface area contributed by atoms with Crippen LogP contribution >= 0.6 is 0 Å². The number of fused-ring (bicyclic) bond motifs is 1. The Morgan fingerprint density at radius 1 is 0.923 bits per heavy atom. The van der Waals surface area contributed by atoms with E-state index in [2.05, 4.69) is 14.9 Å². The molecule has 1 aromatic heterocycles. The molecule has 0 bridgehead atoms. The number of aromatic nitrogens is 2. The van der Waals surface area contributed by atoms with Crippen LogP contribution in [0.3, 0.4) is 0 Å². The van der Waals surface area contributed by atoms with Crippen LogP contribution < -0.4 is 9.80 Å². The first kappa shape index (κ1) is 15.5. The largest absolute Gasteiger partial charge is 0.355 e. The standard InChI is InChI=1S/C20H20N4O2/c25-19-15-10-23(18-9-17(21-12-22-18)13-5-4-6-13)11-16(15)20(26)24(19)14-7-2-1-3-8-14/h1-3,7-9,12-13,15-16H,4-6,10-11H2. The lowest BCUT2D eigenvalue weighted by atomic mass is 9.83. The second-order valence-corrected chi connectivity index (χ2v) is 7.39. The lowest BCUT2D eigenvalue weighted by Crippen LogP contribution is -2.36. The minimum absolute atomic E-state index is 0.0954. The molecule has 2 atom stereocenters. The SMILES string of the molecule is O=C1C2CN(c3cc(C4CCC4)ncn3)CC2C(=O)N1c1ccccc1. The molecule has 26 heavy (non-hydrogen) atoms. The molecule has 5 rings (SSSR count).